The van der Waals surface area contributed by atoms with Crippen molar-refractivity contribution in [3.63, 3.8) is 0 Å². The summed E-state index contributed by atoms with van der Waals surface area (Å²) < 4.78 is 7.81. The van der Waals surface area contributed by atoms with E-state index in [1.165, 1.54) is 5.56 Å². The molecule has 3 aromatic heterocycles. The van der Waals surface area contributed by atoms with Gasteiger partial charge in [-0.15, -0.1) is 0 Å². The van der Waals surface area contributed by atoms with Crippen molar-refractivity contribution < 1.29 is 9.53 Å². The van der Waals surface area contributed by atoms with Crippen LogP contribution in [-0.2, 0) is 6.61 Å². The molecule has 29 heavy (non-hydrogen) atoms. The van der Waals surface area contributed by atoms with E-state index in [4.69, 9.17) is 4.74 Å². The van der Waals surface area contributed by atoms with Gasteiger partial charge in [-0.05, 0) is 61.4 Å². The van der Waals surface area contributed by atoms with E-state index in [1.807, 2.05) is 54.9 Å². The van der Waals surface area contributed by atoms with E-state index < -0.39 is 0 Å². The Kier molecular flexibility index (Phi) is 5.24. The quantitative estimate of drug-likeness (QED) is 0.541. The van der Waals surface area contributed by atoms with Gasteiger partial charge in [0.2, 0.25) is 0 Å². The van der Waals surface area contributed by atoms with E-state index >= 15 is 0 Å². The summed E-state index contributed by atoms with van der Waals surface area (Å²) >= 11 is 0. The zero-order valence-corrected chi connectivity index (χ0v) is 16.4. The molecule has 0 aliphatic rings. The Balaban J connectivity index is 1.36. The molecule has 0 bridgehead atoms. The summed E-state index contributed by atoms with van der Waals surface area (Å²) in [7, 11) is 0. The molecule has 0 saturated heterocycles. The Morgan fingerprint density at radius 3 is 2.72 bits per heavy atom. The molecular formula is C23H22N4O2. The molecule has 3 heterocycles. The van der Waals surface area contributed by atoms with Gasteiger partial charge in [0.1, 0.15) is 18.0 Å². The van der Waals surface area contributed by atoms with Crippen LogP contribution in [0.25, 0.3) is 5.65 Å². The van der Waals surface area contributed by atoms with Crippen molar-refractivity contribution in [3.8, 4) is 5.75 Å². The fourth-order valence-corrected chi connectivity index (χ4v) is 3.08. The average molecular weight is 386 g/mol. The van der Waals surface area contributed by atoms with Gasteiger partial charge in [-0.3, -0.25) is 9.78 Å². The predicted molar refractivity (Wildman–Crippen MR) is 111 cm³/mol. The molecule has 0 radical (unpaired) electrons. The van der Waals surface area contributed by atoms with Crippen LogP contribution < -0.4 is 10.1 Å². The van der Waals surface area contributed by atoms with Crippen LogP contribution in [0.4, 0.5) is 0 Å². The van der Waals surface area contributed by atoms with Crippen LogP contribution in [0.3, 0.4) is 0 Å². The third-order valence-electron chi connectivity index (χ3n) is 4.68. The van der Waals surface area contributed by atoms with Crippen LogP contribution in [0.15, 0.2) is 73.3 Å². The van der Waals surface area contributed by atoms with E-state index in [1.54, 1.807) is 36.7 Å². The monoisotopic (exact) mass is 386 g/mol. The van der Waals surface area contributed by atoms with Gasteiger partial charge in [0.05, 0.1) is 11.7 Å². The summed E-state index contributed by atoms with van der Waals surface area (Å²) in [6.07, 6.45) is 7.46. The number of rotatable bonds is 6. The molecule has 0 aliphatic carbocycles. The number of hydrogen-bond acceptors (Lipinski definition) is 4. The predicted octanol–water partition coefficient (Wildman–Crippen LogP) is 4.11. The molecule has 6 heteroatoms. The van der Waals surface area contributed by atoms with E-state index in [0.717, 1.165) is 16.9 Å². The minimum Gasteiger partial charge on any atom is -0.487 e. The number of nitrogens with one attached hydrogen (secondary N) is 1. The highest BCUT2D eigenvalue weighted by Gasteiger charge is 2.12. The lowest BCUT2D eigenvalue weighted by Gasteiger charge is -2.14. The second kappa shape index (κ2) is 8.14. The van der Waals surface area contributed by atoms with E-state index in [-0.39, 0.29) is 11.9 Å². The first-order valence-electron chi connectivity index (χ1n) is 9.46. The average Bonchev–Trinajstić information content (AvgIpc) is 3.15. The molecule has 4 aromatic rings. The summed E-state index contributed by atoms with van der Waals surface area (Å²) in [6.45, 7) is 4.35. The van der Waals surface area contributed by atoms with Crippen LogP contribution >= 0.6 is 0 Å². The van der Waals surface area contributed by atoms with Crippen LogP contribution in [0.1, 0.15) is 40.1 Å². The molecule has 1 aromatic carbocycles. The molecule has 1 N–H and O–H groups in total. The van der Waals surface area contributed by atoms with Gasteiger partial charge in [0.15, 0.2) is 0 Å². The van der Waals surface area contributed by atoms with E-state index in [2.05, 4.69) is 15.3 Å². The fraction of sp³-hybridized carbons (Fsp3) is 0.174. The summed E-state index contributed by atoms with van der Waals surface area (Å²) in [4.78, 5) is 21.1. The Labute approximate surface area is 169 Å². The summed E-state index contributed by atoms with van der Waals surface area (Å²) in [5.41, 5.74) is 4.46. The van der Waals surface area contributed by atoms with Gasteiger partial charge in [-0.25, -0.2) is 4.98 Å². The third-order valence-corrected chi connectivity index (χ3v) is 4.68. The van der Waals surface area contributed by atoms with Gasteiger partial charge < -0.3 is 14.5 Å². The van der Waals surface area contributed by atoms with Crippen molar-refractivity contribution in [2.75, 3.05) is 0 Å². The number of imidazole rings is 1. The number of aryl methyl sites for hydroxylation is 1. The molecule has 0 saturated carbocycles. The third kappa shape index (κ3) is 4.43. The summed E-state index contributed by atoms with van der Waals surface area (Å²) in [5.74, 6) is 0.554. The normalized spacial score (nSPS) is 11.9. The molecule has 0 aliphatic heterocycles. The number of carbonyl (C=O) groups excluding carboxylic acids is 1. The molecule has 146 valence electrons. The van der Waals surface area contributed by atoms with Gasteiger partial charge in [-0.1, -0.05) is 12.1 Å². The first-order chi connectivity index (χ1) is 14.1. The van der Waals surface area contributed by atoms with Crippen molar-refractivity contribution in [2.45, 2.75) is 26.5 Å². The Morgan fingerprint density at radius 1 is 1.14 bits per heavy atom. The highest BCUT2D eigenvalue weighted by molar-refractivity contribution is 5.94. The maximum Gasteiger partial charge on any atom is 0.251 e. The topological polar surface area (TPSA) is 68.5 Å². The minimum absolute atomic E-state index is 0.120. The molecule has 6 nitrogen and oxygen atoms in total. The second-order valence-electron chi connectivity index (χ2n) is 7.00. The van der Waals surface area contributed by atoms with Gasteiger partial charge in [-0.2, -0.15) is 0 Å². The summed E-state index contributed by atoms with van der Waals surface area (Å²) in [5, 5.41) is 2.98. The Morgan fingerprint density at radius 2 is 1.97 bits per heavy atom. The van der Waals surface area contributed by atoms with E-state index in [0.29, 0.717) is 17.9 Å². The fourth-order valence-electron chi connectivity index (χ4n) is 3.08. The maximum atomic E-state index is 12.5. The minimum atomic E-state index is -0.136. The van der Waals surface area contributed by atoms with Crippen LogP contribution in [0.5, 0.6) is 5.75 Å². The molecule has 0 fully saturated rings. The number of hydrogen-bond donors (Lipinski definition) is 1. The van der Waals surface area contributed by atoms with Crippen LogP contribution in [0.2, 0.25) is 0 Å². The van der Waals surface area contributed by atoms with Crippen molar-refractivity contribution in [1.29, 1.82) is 0 Å². The SMILES string of the molecule is Cc1ccc2nc(COc3ccc(C(=O)N[C@H](C)c4cccnc4)cc3)cn2c1. The number of carbonyl (C=O) groups is 1. The number of pyridine rings is 2. The number of nitrogens with zero attached hydrogens (tertiary/aromatic N) is 3. The van der Waals surface area contributed by atoms with Crippen molar-refractivity contribution in [1.82, 2.24) is 19.7 Å². The lowest BCUT2D eigenvalue weighted by molar-refractivity contribution is 0.0940. The molecular weight excluding hydrogens is 364 g/mol. The highest BCUT2D eigenvalue weighted by Crippen LogP contribution is 2.16. The zero-order chi connectivity index (χ0) is 20.2. The first-order valence-corrected chi connectivity index (χ1v) is 9.46. The number of aromatic nitrogens is 3. The van der Waals surface area contributed by atoms with E-state index in [9.17, 15) is 4.79 Å². The van der Waals surface area contributed by atoms with Gasteiger partial charge in [0.25, 0.3) is 5.91 Å². The Bertz CT molecular complexity index is 1120. The molecule has 0 unspecified atom stereocenters. The first kappa shape index (κ1) is 18.7. The lowest BCUT2D eigenvalue weighted by atomic mass is 10.1. The van der Waals surface area contributed by atoms with Crippen molar-refractivity contribution in [2.24, 2.45) is 0 Å². The molecule has 0 spiro atoms. The van der Waals surface area contributed by atoms with Crippen LogP contribution in [0, 0.1) is 6.92 Å². The highest BCUT2D eigenvalue weighted by atomic mass is 16.5. The smallest absolute Gasteiger partial charge is 0.251 e. The lowest BCUT2D eigenvalue weighted by Crippen LogP contribution is -2.26. The number of fused-ring (bicyclic) bond motifs is 1. The molecule has 1 amide bonds. The Hall–Kier alpha value is -3.67. The van der Waals surface area contributed by atoms with Crippen molar-refractivity contribution >= 4 is 11.6 Å². The van der Waals surface area contributed by atoms with Crippen LogP contribution in [-0.4, -0.2) is 20.3 Å². The molecule has 1 atom stereocenters. The van der Waals surface area contributed by atoms with Crippen molar-refractivity contribution in [3.05, 3.63) is 95.7 Å². The number of amides is 1. The summed E-state index contributed by atoms with van der Waals surface area (Å²) in [6, 6.07) is 14.8. The number of ether oxygens (including phenoxy) is 1. The zero-order valence-electron chi connectivity index (χ0n) is 16.4. The largest absolute Gasteiger partial charge is 0.487 e. The van der Waals surface area contributed by atoms with Gasteiger partial charge >= 0.3 is 0 Å². The standard InChI is InChI=1S/C23H22N4O2/c1-16-5-10-22-26-20(14-27(22)13-16)15-29-21-8-6-18(7-9-21)23(28)25-17(2)19-4-3-11-24-12-19/h3-14,17H,15H2,1-2H3,(H,25,28)/t17-/m1/s1. The van der Waals surface area contributed by atoms with Gasteiger partial charge in [0, 0.05) is 30.4 Å². The number of benzene rings is 1. The maximum absolute atomic E-state index is 12.5. The second-order valence-corrected chi connectivity index (χ2v) is 7.00. The molecule has 4 rings (SSSR count).